The summed E-state index contributed by atoms with van der Waals surface area (Å²) < 4.78 is 0. The van der Waals surface area contributed by atoms with Crippen LogP contribution >= 0.6 is 11.8 Å². The van der Waals surface area contributed by atoms with E-state index in [1.807, 2.05) is 6.07 Å². The van der Waals surface area contributed by atoms with Crippen LogP contribution in [-0.2, 0) is 5.41 Å². The fourth-order valence-corrected chi connectivity index (χ4v) is 3.05. The predicted octanol–water partition coefficient (Wildman–Crippen LogP) is 2.77. The Morgan fingerprint density at radius 1 is 1.50 bits per heavy atom. The molecule has 0 saturated carbocycles. The van der Waals surface area contributed by atoms with Gasteiger partial charge in [-0.05, 0) is 17.7 Å². The highest BCUT2D eigenvalue weighted by atomic mass is 32.2. The highest BCUT2D eigenvalue weighted by Crippen LogP contribution is 2.43. The number of thioether (sulfide) groups is 1. The summed E-state index contributed by atoms with van der Waals surface area (Å²) in [6, 6.07) is 5.41. The lowest BCUT2D eigenvalue weighted by Gasteiger charge is -2.17. The molecule has 0 fully saturated rings. The Bertz CT molecular complexity index is 396. The Labute approximate surface area is 87.3 Å². The molecule has 1 N–H and O–H groups in total. The smallest absolute Gasteiger partial charge is 0.335 e. The molecule has 1 aliphatic rings. The van der Waals surface area contributed by atoms with E-state index in [4.69, 9.17) is 5.11 Å². The molecule has 1 aromatic rings. The normalized spacial score (nSPS) is 17.9. The first kappa shape index (κ1) is 9.59. The first-order valence-electron chi connectivity index (χ1n) is 4.51. The van der Waals surface area contributed by atoms with Crippen molar-refractivity contribution < 1.29 is 9.90 Å². The van der Waals surface area contributed by atoms with Crippen molar-refractivity contribution in [3.05, 3.63) is 29.3 Å². The molecule has 0 amide bonds. The van der Waals surface area contributed by atoms with Crippen molar-refractivity contribution in [2.75, 3.05) is 5.75 Å². The summed E-state index contributed by atoms with van der Waals surface area (Å²) in [4.78, 5) is 11.9. The Hall–Kier alpha value is -0.960. The zero-order chi connectivity index (χ0) is 10.3. The van der Waals surface area contributed by atoms with Crippen LogP contribution in [0, 0.1) is 0 Å². The van der Waals surface area contributed by atoms with Crippen LogP contribution in [0.1, 0.15) is 29.8 Å². The first-order valence-corrected chi connectivity index (χ1v) is 5.50. The van der Waals surface area contributed by atoms with E-state index in [2.05, 4.69) is 13.8 Å². The molecule has 0 spiro atoms. The Balaban J connectivity index is 2.49. The van der Waals surface area contributed by atoms with Crippen molar-refractivity contribution in [3.63, 3.8) is 0 Å². The number of hydrogen-bond acceptors (Lipinski definition) is 2. The summed E-state index contributed by atoms with van der Waals surface area (Å²) in [5.41, 5.74) is 1.83. The van der Waals surface area contributed by atoms with Gasteiger partial charge in [-0.3, -0.25) is 0 Å². The molecule has 0 aliphatic carbocycles. The Morgan fingerprint density at radius 3 is 2.86 bits per heavy atom. The number of carboxylic acid groups (broad SMARTS) is 1. The number of carbonyl (C=O) groups is 1. The van der Waals surface area contributed by atoms with Crippen LogP contribution in [0.25, 0.3) is 0 Å². The van der Waals surface area contributed by atoms with Crippen LogP contribution in [0.3, 0.4) is 0 Å². The molecular weight excluding hydrogens is 196 g/mol. The average Bonchev–Trinajstić information content (AvgIpc) is 2.42. The van der Waals surface area contributed by atoms with E-state index < -0.39 is 5.97 Å². The topological polar surface area (TPSA) is 37.3 Å². The van der Waals surface area contributed by atoms with Gasteiger partial charge in [-0.15, -0.1) is 11.8 Å². The maximum atomic E-state index is 10.8. The minimum Gasteiger partial charge on any atom is -0.478 e. The van der Waals surface area contributed by atoms with Crippen molar-refractivity contribution in [3.8, 4) is 0 Å². The second-order valence-corrected chi connectivity index (χ2v) is 5.21. The molecule has 14 heavy (non-hydrogen) atoms. The summed E-state index contributed by atoms with van der Waals surface area (Å²) in [7, 11) is 0. The number of carboxylic acids is 1. The van der Waals surface area contributed by atoms with Crippen molar-refractivity contribution in [1.29, 1.82) is 0 Å². The van der Waals surface area contributed by atoms with E-state index in [0.717, 1.165) is 10.6 Å². The number of hydrogen-bond donors (Lipinski definition) is 1. The van der Waals surface area contributed by atoms with Gasteiger partial charge in [0.1, 0.15) is 0 Å². The zero-order valence-corrected chi connectivity index (χ0v) is 9.02. The van der Waals surface area contributed by atoms with Gasteiger partial charge in [-0.2, -0.15) is 0 Å². The van der Waals surface area contributed by atoms with Gasteiger partial charge >= 0.3 is 5.97 Å². The third-order valence-corrected chi connectivity index (χ3v) is 4.06. The van der Waals surface area contributed by atoms with E-state index in [-0.39, 0.29) is 5.41 Å². The van der Waals surface area contributed by atoms with Gasteiger partial charge in [-0.1, -0.05) is 19.9 Å². The fourth-order valence-electron chi connectivity index (χ4n) is 1.67. The third-order valence-electron chi connectivity index (χ3n) is 2.55. The molecule has 2 nitrogen and oxygen atoms in total. The number of fused-ring (bicyclic) bond motifs is 1. The van der Waals surface area contributed by atoms with Crippen LogP contribution < -0.4 is 0 Å². The lowest BCUT2D eigenvalue weighted by molar-refractivity contribution is 0.0696. The molecule has 0 aromatic heterocycles. The van der Waals surface area contributed by atoms with Gasteiger partial charge in [0.2, 0.25) is 0 Å². The lowest BCUT2D eigenvalue weighted by Crippen LogP contribution is -2.15. The monoisotopic (exact) mass is 208 g/mol. The second kappa shape index (κ2) is 3.02. The summed E-state index contributed by atoms with van der Waals surface area (Å²) >= 11 is 1.74. The van der Waals surface area contributed by atoms with E-state index >= 15 is 0 Å². The summed E-state index contributed by atoms with van der Waals surface area (Å²) in [6.45, 7) is 4.37. The highest BCUT2D eigenvalue weighted by Gasteiger charge is 2.30. The number of aromatic carboxylic acids is 1. The largest absolute Gasteiger partial charge is 0.478 e. The predicted molar refractivity (Wildman–Crippen MR) is 57.2 cm³/mol. The molecule has 1 aliphatic heterocycles. The standard InChI is InChI=1S/C11H12O2S/c1-11(2)6-14-9-5-7(10(12)13)3-4-8(9)11/h3-5H,6H2,1-2H3,(H,12,13). The number of benzene rings is 1. The number of rotatable bonds is 1. The molecule has 0 atom stereocenters. The molecule has 0 radical (unpaired) electrons. The third kappa shape index (κ3) is 1.42. The van der Waals surface area contributed by atoms with Crippen molar-refractivity contribution in [1.82, 2.24) is 0 Å². The van der Waals surface area contributed by atoms with Crippen LogP contribution in [0.5, 0.6) is 0 Å². The molecule has 1 heterocycles. The van der Waals surface area contributed by atoms with Crippen LogP contribution in [0.4, 0.5) is 0 Å². The van der Waals surface area contributed by atoms with Crippen molar-refractivity contribution in [2.24, 2.45) is 0 Å². The maximum absolute atomic E-state index is 10.8. The minimum atomic E-state index is -0.849. The minimum absolute atomic E-state index is 0.178. The van der Waals surface area contributed by atoms with Gasteiger partial charge in [0.05, 0.1) is 5.56 Å². The molecule has 3 heteroatoms. The average molecular weight is 208 g/mol. The van der Waals surface area contributed by atoms with Crippen molar-refractivity contribution >= 4 is 17.7 Å². The van der Waals surface area contributed by atoms with E-state index in [9.17, 15) is 4.79 Å². The Kier molecular flexibility index (Phi) is 2.07. The second-order valence-electron chi connectivity index (χ2n) is 4.19. The molecule has 0 bridgehead atoms. The summed E-state index contributed by atoms with van der Waals surface area (Å²) in [5.74, 6) is 0.184. The van der Waals surface area contributed by atoms with Crippen molar-refractivity contribution in [2.45, 2.75) is 24.2 Å². The van der Waals surface area contributed by atoms with E-state index in [1.54, 1.807) is 23.9 Å². The molecule has 1 aromatic carbocycles. The van der Waals surface area contributed by atoms with E-state index in [1.165, 1.54) is 5.56 Å². The maximum Gasteiger partial charge on any atom is 0.335 e. The fraction of sp³-hybridized carbons (Fsp3) is 0.364. The Morgan fingerprint density at radius 2 is 2.21 bits per heavy atom. The molecular formula is C11H12O2S. The lowest BCUT2D eigenvalue weighted by atomic mass is 9.87. The highest BCUT2D eigenvalue weighted by molar-refractivity contribution is 7.99. The van der Waals surface area contributed by atoms with Gasteiger partial charge in [0.15, 0.2) is 0 Å². The quantitative estimate of drug-likeness (QED) is 0.771. The first-order chi connectivity index (χ1) is 6.50. The molecule has 74 valence electrons. The van der Waals surface area contributed by atoms with Crippen LogP contribution in [-0.4, -0.2) is 16.8 Å². The van der Waals surface area contributed by atoms with Gasteiger partial charge in [-0.25, -0.2) is 4.79 Å². The van der Waals surface area contributed by atoms with Gasteiger partial charge in [0.25, 0.3) is 0 Å². The zero-order valence-electron chi connectivity index (χ0n) is 8.20. The molecule has 0 saturated heterocycles. The molecule has 0 unspecified atom stereocenters. The SMILES string of the molecule is CC1(C)CSc2cc(C(=O)O)ccc21. The van der Waals surface area contributed by atoms with Gasteiger partial charge < -0.3 is 5.11 Å². The van der Waals surface area contributed by atoms with Gasteiger partial charge in [0, 0.05) is 16.1 Å². The summed E-state index contributed by atoms with van der Waals surface area (Å²) in [6.07, 6.45) is 0. The summed E-state index contributed by atoms with van der Waals surface area (Å²) in [5, 5.41) is 8.84. The molecule has 2 rings (SSSR count). The van der Waals surface area contributed by atoms with E-state index in [0.29, 0.717) is 5.56 Å². The van der Waals surface area contributed by atoms with Crippen LogP contribution in [0.2, 0.25) is 0 Å². The van der Waals surface area contributed by atoms with Crippen LogP contribution in [0.15, 0.2) is 23.1 Å².